The van der Waals surface area contributed by atoms with E-state index in [-0.39, 0.29) is 17.3 Å². The zero-order valence-electron chi connectivity index (χ0n) is 11.7. The molecule has 0 fully saturated rings. The van der Waals surface area contributed by atoms with E-state index in [4.69, 9.17) is 4.74 Å². The van der Waals surface area contributed by atoms with Crippen molar-refractivity contribution >= 4 is 11.5 Å². The fourth-order valence-corrected chi connectivity index (χ4v) is 1.75. The SMILES string of the molecule is CNc1cc(Oc2cc(C)c([N+](=O)[O-])cc2F)nc(C)n1. The van der Waals surface area contributed by atoms with Crippen LogP contribution in [-0.2, 0) is 0 Å². The van der Waals surface area contributed by atoms with Gasteiger partial charge in [-0.2, -0.15) is 4.98 Å². The van der Waals surface area contributed by atoms with Gasteiger partial charge in [-0.1, -0.05) is 0 Å². The van der Waals surface area contributed by atoms with Crippen molar-refractivity contribution in [1.29, 1.82) is 0 Å². The van der Waals surface area contributed by atoms with Crippen molar-refractivity contribution in [3.63, 3.8) is 0 Å². The molecule has 1 aromatic carbocycles. The van der Waals surface area contributed by atoms with Crippen LogP contribution >= 0.6 is 0 Å². The molecule has 1 N–H and O–H groups in total. The van der Waals surface area contributed by atoms with Crippen LogP contribution in [0, 0.1) is 29.8 Å². The Morgan fingerprint density at radius 1 is 1.29 bits per heavy atom. The van der Waals surface area contributed by atoms with Crippen LogP contribution in [0.4, 0.5) is 15.9 Å². The van der Waals surface area contributed by atoms with Crippen molar-refractivity contribution in [1.82, 2.24) is 9.97 Å². The Morgan fingerprint density at radius 2 is 2.00 bits per heavy atom. The summed E-state index contributed by atoms with van der Waals surface area (Å²) in [5, 5.41) is 13.6. The summed E-state index contributed by atoms with van der Waals surface area (Å²) in [6.45, 7) is 3.18. The average Bonchev–Trinajstić information content (AvgIpc) is 2.41. The maximum atomic E-state index is 13.9. The predicted molar refractivity (Wildman–Crippen MR) is 74.2 cm³/mol. The highest BCUT2D eigenvalue weighted by molar-refractivity contribution is 5.47. The molecule has 1 heterocycles. The monoisotopic (exact) mass is 292 g/mol. The van der Waals surface area contributed by atoms with Gasteiger partial charge >= 0.3 is 0 Å². The highest BCUT2D eigenvalue weighted by atomic mass is 19.1. The first-order valence-corrected chi connectivity index (χ1v) is 6.06. The second-order valence-electron chi connectivity index (χ2n) is 4.32. The van der Waals surface area contributed by atoms with Crippen LogP contribution < -0.4 is 10.1 Å². The zero-order valence-corrected chi connectivity index (χ0v) is 11.7. The third-order valence-electron chi connectivity index (χ3n) is 2.73. The molecule has 0 aliphatic heterocycles. The molecule has 0 amide bonds. The molecule has 0 aliphatic rings. The fourth-order valence-electron chi connectivity index (χ4n) is 1.75. The number of hydrogen-bond donors (Lipinski definition) is 1. The molecule has 0 bridgehead atoms. The van der Waals surface area contributed by atoms with E-state index in [2.05, 4.69) is 15.3 Å². The van der Waals surface area contributed by atoms with Crippen molar-refractivity contribution in [2.24, 2.45) is 0 Å². The number of nitrogens with one attached hydrogen (secondary N) is 1. The summed E-state index contributed by atoms with van der Waals surface area (Å²) in [5.41, 5.74) is 0.00523. The van der Waals surface area contributed by atoms with Crippen molar-refractivity contribution in [3.8, 4) is 11.6 Å². The van der Waals surface area contributed by atoms with Gasteiger partial charge in [0, 0.05) is 18.7 Å². The molecule has 8 heteroatoms. The second kappa shape index (κ2) is 5.70. The lowest BCUT2D eigenvalue weighted by molar-refractivity contribution is -0.385. The van der Waals surface area contributed by atoms with Crippen LogP contribution in [0.5, 0.6) is 11.6 Å². The topological polar surface area (TPSA) is 90.2 Å². The van der Waals surface area contributed by atoms with Crippen molar-refractivity contribution < 1.29 is 14.1 Å². The summed E-state index contributed by atoms with van der Waals surface area (Å²) in [6.07, 6.45) is 0. The van der Waals surface area contributed by atoms with E-state index in [0.717, 1.165) is 6.07 Å². The first-order valence-electron chi connectivity index (χ1n) is 6.06. The number of aryl methyl sites for hydroxylation is 2. The molecule has 2 rings (SSSR count). The summed E-state index contributed by atoms with van der Waals surface area (Å²) < 4.78 is 19.2. The Balaban J connectivity index is 2.38. The number of nitro benzene ring substituents is 1. The van der Waals surface area contributed by atoms with E-state index in [9.17, 15) is 14.5 Å². The van der Waals surface area contributed by atoms with Crippen LogP contribution in [0.2, 0.25) is 0 Å². The minimum atomic E-state index is -0.824. The smallest absolute Gasteiger partial charge is 0.275 e. The Labute approximate surface area is 120 Å². The van der Waals surface area contributed by atoms with Crippen LogP contribution in [0.25, 0.3) is 0 Å². The molecule has 1 aromatic heterocycles. The minimum Gasteiger partial charge on any atom is -0.436 e. The number of nitrogens with zero attached hydrogens (tertiary/aromatic N) is 3. The summed E-state index contributed by atoms with van der Waals surface area (Å²) in [5.74, 6) is 0.180. The van der Waals surface area contributed by atoms with E-state index in [1.165, 1.54) is 19.1 Å². The third-order valence-corrected chi connectivity index (χ3v) is 2.73. The van der Waals surface area contributed by atoms with Gasteiger partial charge in [0.1, 0.15) is 11.6 Å². The number of aromatic nitrogens is 2. The van der Waals surface area contributed by atoms with Gasteiger partial charge < -0.3 is 10.1 Å². The summed E-state index contributed by atoms with van der Waals surface area (Å²) in [4.78, 5) is 18.2. The highest BCUT2D eigenvalue weighted by Crippen LogP contribution is 2.30. The molecule has 0 atom stereocenters. The van der Waals surface area contributed by atoms with Crippen LogP contribution in [0.15, 0.2) is 18.2 Å². The van der Waals surface area contributed by atoms with Gasteiger partial charge in [0.2, 0.25) is 5.88 Å². The van der Waals surface area contributed by atoms with Gasteiger partial charge in [0.15, 0.2) is 11.6 Å². The Morgan fingerprint density at radius 3 is 2.62 bits per heavy atom. The number of halogens is 1. The lowest BCUT2D eigenvalue weighted by Gasteiger charge is -2.09. The van der Waals surface area contributed by atoms with Crippen LogP contribution in [0.1, 0.15) is 11.4 Å². The summed E-state index contributed by atoms with van der Waals surface area (Å²) in [7, 11) is 1.68. The molecular formula is C13H13FN4O3. The van der Waals surface area contributed by atoms with Crippen LogP contribution in [-0.4, -0.2) is 21.9 Å². The maximum Gasteiger partial charge on any atom is 0.275 e. The molecular weight excluding hydrogens is 279 g/mol. The molecule has 21 heavy (non-hydrogen) atoms. The van der Waals surface area contributed by atoms with Crippen LogP contribution in [0.3, 0.4) is 0 Å². The Bertz CT molecular complexity index is 706. The number of rotatable bonds is 4. The molecule has 0 unspecified atom stereocenters. The number of hydrogen-bond acceptors (Lipinski definition) is 6. The molecule has 0 saturated carbocycles. The van der Waals surface area contributed by atoms with Gasteiger partial charge in [-0.25, -0.2) is 9.37 Å². The van der Waals surface area contributed by atoms with Gasteiger partial charge in [-0.15, -0.1) is 0 Å². The minimum absolute atomic E-state index is 0.127. The van der Waals surface area contributed by atoms with E-state index in [1.807, 2.05) is 0 Å². The number of ether oxygens (including phenoxy) is 1. The van der Waals surface area contributed by atoms with E-state index >= 15 is 0 Å². The zero-order chi connectivity index (χ0) is 15.6. The molecule has 0 aliphatic carbocycles. The molecule has 0 spiro atoms. The molecule has 2 aromatic rings. The number of nitro groups is 1. The molecule has 7 nitrogen and oxygen atoms in total. The Kier molecular flexibility index (Phi) is 3.97. The molecule has 110 valence electrons. The van der Waals surface area contributed by atoms with Gasteiger partial charge in [-0.05, 0) is 19.9 Å². The lowest BCUT2D eigenvalue weighted by Crippen LogP contribution is -2.00. The second-order valence-corrected chi connectivity index (χ2v) is 4.32. The fraction of sp³-hybridized carbons (Fsp3) is 0.231. The normalized spacial score (nSPS) is 10.3. The number of anilines is 1. The molecule has 0 radical (unpaired) electrons. The van der Waals surface area contributed by atoms with E-state index in [0.29, 0.717) is 17.2 Å². The third kappa shape index (κ3) is 3.22. The lowest BCUT2D eigenvalue weighted by atomic mass is 10.2. The first kappa shape index (κ1) is 14.6. The van der Waals surface area contributed by atoms with Gasteiger partial charge in [0.05, 0.1) is 11.0 Å². The summed E-state index contributed by atoms with van der Waals surface area (Å²) >= 11 is 0. The number of benzene rings is 1. The van der Waals surface area contributed by atoms with Crippen molar-refractivity contribution in [2.75, 3.05) is 12.4 Å². The predicted octanol–water partition coefficient (Wildman–Crippen LogP) is 2.97. The maximum absolute atomic E-state index is 13.9. The largest absolute Gasteiger partial charge is 0.436 e. The van der Waals surface area contributed by atoms with E-state index < -0.39 is 10.7 Å². The van der Waals surface area contributed by atoms with E-state index in [1.54, 1.807) is 14.0 Å². The molecule has 0 saturated heterocycles. The first-order chi connectivity index (χ1) is 9.90. The van der Waals surface area contributed by atoms with Crippen molar-refractivity contribution in [2.45, 2.75) is 13.8 Å². The highest BCUT2D eigenvalue weighted by Gasteiger charge is 2.17. The van der Waals surface area contributed by atoms with Gasteiger partial charge in [-0.3, -0.25) is 10.1 Å². The quantitative estimate of drug-likeness (QED) is 0.688. The summed E-state index contributed by atoms with van der Waals surface area (Å²) in [6, 6.07) is 3.60. The van der Waals surface area contributed by atoms with Crippen molar-refractivity contribution in [3.05, 3.63) is 45.5 Å². The average molecular weight is 292 g/mol. The Hall–Kier alpha value is -2.77. The standard InChI is InChI=1S/C13H13FN4O3/c1-7-4-11(9(14)5-10(7)18(19)20)21-13-6-12(15-3)16-8(2)17-13/h4-6H,1-3H3,(H,15,16,17). The van der Waals surface area contributed by atoms with Gasteiger partial charge in [0.25, 0.3) is 5.69 Å².